The molecule has 0 saturated heterocycles. The zero-order chi connectivity index (χ0) is 18.4. The van der Waals surface area contributed by atoms with Crippen molar-refractivity contribution in [2.75, 3.05) is 40.0 Å². The molecule has 0 aliphatic rings. The molecule has 0 radical (unpaired) electrons. The summed E-state index contributed by atoms with van der Waals surface area (Å²) in [6, 6.07) is 0. The van der Waals surface area contributed by atoms with Gasteiger partial charge in [0.15, 0.2) is 0 Å². The third kappa shape index (κ3) is 12.1. The van der Waals surface area contributed by atoms with Crippen LogP contribution in [0.5, 0.6) is 0 Å². The Balaban J connectivity index is 3.57. The van der Waals surface area contributed by atoms with E-state index in [4.69, 9.17) is 9.47 Å². The molecular weight excluding hydrogens is 329 g/mol. The third-order valence-electron chi connectivity index (χ3n) is 3.25. The number of hydrogen-bond donors (Lipinski definition) is 2. The van der Waals surface area contributed by atoms with Crippen LogP contribution in [-0.2, 0) is 19.1 Å². The van der Waals surface area contributed by atoms with Gasteiger partial charge in [-0.2, -0.15) is 13.2 Å². The first-order valence-electron chi connectivity index (χ1n) is 7.98. The predicted molar refractivity (Wildman–Crippen MR) is 82.4 cm³/mol. The van der Waals surface area contributed by atoms with Gasteiger partial charge in [0.05, 0.1) is 13.2 Å². The average Bonchev–Trinajstić information content (AvgIpc) is 2.52. The molecule has 24 heavy (non-hydrogen) atoms. The second kappa shape index (κ2) is 13.0. The van der Waals surface area contributed by atoms with Gasteiger partial charge in [-0.05, 0) is 19.3 Å². The average molecular weight is 356 g/mol. The van der Waals surface area contributed by atoms with Gasteiger partial charge < -0.3 is 20.1 Å². The molecule has 0 aromatic rings. The van der Waals surface area contributed by atoms with Crippen LogP contribution < -0.4 is 10.6 Å². The van der Waals surface area contributed by atoms with Crippen LogP contribution in [-0.4, -0.2) is 58.0 Å². The highest BCUT2D eigenvalue weighted by molar-refractivity contribution is 5.81. The number of carbonyl (C=O) groups is 2. The van der Waals surface area contributed by atoms with E-state index in [1.54, 1.807) is 19.4 Å². The fourth-order valence-corrected chi connectivity index (χ4v) is 1.81. The summed E-state index contributed by atoms with van der Waals surface area (Å²) in [5.74, 6) is -2.25. The third-order valence-corrected chi connectivity index (χ3v) is 3.25. The van der Waals surface area contributed by atoms with Crippen molar-refractivity contribution < 1.29 is 32.2 Å². The fraction of sp³-hybridized carbons (Fsp3) is 0.867. The van der Waals surface area contributed by atoms with Crippen LogP contribution in [0.2, 0.25) is 0 Å². The minimum Gasteiger partial charge on any atom is -0.382 e. The van der Waals surface area contributed by atoms with E-state index in [2.05, 4.69) is 5.32 Å². The number of nitrogens with one attached hydrogen (secondary N) is 2. The molecule has 0 aromatic carbocycles. The first kappa shape index (κ1) is 22.6. The molecule has 2 N–H and O–H groups in total. The number of carbonyl (C=O) groups excluding carboxylic acids is 2. The zero-order valence-corrected chi connectivity index (χ0v) is 14.2. The summed E-state index contributed by atoms with van der Waals surface area (Å²) in [7, 11) is 1.59. The molecule has 0 rings (SSSR count). The molecular formula is C15H27F3N2O4. The molecule has 0 aliphatic carbocycles. The maximum Gasteiger partial charge on any atom is 0.471 e. The van der Waals surface area contributed by atoms with Gasteiger partial charge in [0, 0.05) is 32.7 Å². The summed E-state index contributed by atoms with van der Waals surface area (Å²) >= 11 is 0. The number of amides is 2. The second-order valence-corrected chi connectivity index (χ2v) is 5.40. The Morgan fingerprint density at radius 3 is 2.29 bits per heavy atom. The Hall–Kier alpha value is -1.35. The highest BCUT2D eigenvalue weighted by Gasteiger charge is 2.38. The van der Waals surface area contributed by atoms with Gasteiger partial charge in [0.1, 0.15) is 0 Å². The van der Waals surface area contributed by atoms with Crippen molar-refractivity contribution in [2.24, 2.45) is 5.92 Å². The number of halogens is 3. The molecule has 0 bridgehead atoms. The van der Waals surface area contributed by atoms with Gasteiger partial charge in [-0.25, -0.2) is 0 Å². The van der Waals surface area contributed by atoms with Gasteiger partial charge in [0.2, 0.25) is 5.91 Å². The Bertz CT molecular complexity index is 365. The molecule has 0 spiro atoms. The summed E-state index contributed by atoms with van der Waals surface area (Å²) in [5, 5.41) is 4.58. The molecule has 9 heteroatoms. The topological polar surface area (TPSA) is 76.7 Å². The number of unbranched alkanes of at least 4 members (excludes halogenated alkanes) is 1. The van der Waals surface area contributed by atoms with Crippen LogP contribution in [0.4, 0.5) is 13.2 Å². The Kier molecular flexibility index (Phi) is 12.3. The van der Waals surface area contributed by atoms with E-state index in [1.165, 1.54) is 0 Å². The normalized spacial score (nSPS) is 12.7. The largest absolute Gasteiger partial charge is 0.471 e. The van der Waals surface area contributed by atoms with E-state index < -0.39 is 12.1 Å². The lowest BCUT2D eigenvalue weighted by Gasteiger charge is -2.12. The first-order valence-corrected chi connectivity index (χ1v) is 7.98. The van der Waals surface area contributed by atoms with E-state index in [0.29, 0.717) is 52.0 Å². The number of ether oxygens (including phenoxy) is 2. The molecule has 0 fully saturated rings. The van der Waals surface area contributed by atoms with Crippen LogP contribution in [0, 0.1) is 5.92 Å². The van der Waals surface area contributed by atoms with Crippen molar-refractivity contribution in [2.45, 2.75) is 38.8 Å². The van der Waals surface area contributed by atoms with Crippen LogP contribution in [0.3, 0.4) is 0 Å². The number of rotatable bonds is 13. The van der Waals surface area contributed by atoms with Crippen LogP contribution in [0.25, 0.3) is 0 Å². The van der Waals surface area contributed by atoms with E-state index in [1.807, 2.05) is 0 Å². The molecule has 142 valence electrons. The maximum atomic E-state index is 11.9. The lowest BCUT2D eigenvalue weighted by Crippen LogP contribution is -2.37. The molecule has 0 aliphatic heterocycles. The summed E-state index contributed by atoms with van der Waals surface area (Å²) in [6.07, 6.45) is -2.64. The summed E-state index contributed by atoms with van der Waals surface area (Å²) in [6.45, 7) is 3.82. The highest BCUT2D eigenvalue weighted by Crippen LogP contribution is 2.14. The zero-order valence-electron chi connectivity index (χ0n) is 14.2. The Labute approximate surface area is 140 Å². The van der Waals surface area contributed by atoms with Gasteiger partial charge in [-0.1, -0.05) is 13.3 Å². The maximum absolute atomic E-state index is 11.9. The van der Waals surface area contributed by atoms with Crippen molar-refractivity contribution in [1.82, 2.24) is 10.6 Å². The van der Waals surface area contributed by atoms with Crippen LogP contribution in [0.15, 0.2) is 0 Å². The highest BCUT2D eigenvalue weighted by atomic mass is 19.4. The van der Waals surface area contributed by atoms with Gasteiger partial charge in [-0.15, -0.1) is 0 Å². The van der Waals surface area contributed by atoms with Gasteiger partial charge in [-0.3, -0.25) is 9.59 Å². The molecule has 0 aromatic heterocycles. The molecule has 0 heterocycles. The van der Waals surface area contributed by atoms with E-state index >= 15 is 0 Å². The molecule has 0 saturated carbocycles. The predicted octanol–water partition coefficient (Wildman–Crippen LogP) is 1.64. The molecule has 6 nitrogen and oxygen atoms in total. The SMILES string of the molecule is COCCOCCCNC(=O)C(C)CCCCNC(=O)C(F)(F)F. The minimum atomic E-state index is -4.85. The minimum absolute atomic E-state index is 0.0501. The monoisotopic (exact) mass is 356 g/mol. The number of methoxy groups -OCH3 is 1. The number of hydrogen-bond acceptors (Lipinski definition) is 4. The second-order valence-electron chi connectivity index (χ2n) is 5.40. The van der Waals surface area contributed by atoms with Crippen molar-refractivity contribution in [3.8, 4) is 0 Å². The van der Waals surface area contributed by atoms with Crippen molar-refractivity contribution >= 4 is 11.8 Å². The van der Waals surface area contributed by atoms with Gasteiger partial charge >= 0.3 is 12.1 Å². The standard InChI is InChI=1S/C15H27F3N2O4/c1-12(6-3-4-7-20-14(22)15(16,17)18)13(21)19-8-5-9-24-11-10-23-2/h12H,3-11H2,1-2H3,(H,19,21)(H,20,22). The lowest BCUT2D eigenvalue weighted by molar-refractivity contribution is -0.173. The summed E-state index contributed by atoms with van der Waals surface area (Å²) < 4.78 is 45.9. The smallest absolute Gasteiger partial charge is 0.382 e. The van der Waals surface area contributed by atoms with Crippen LogP contribution in [0.1, 0.15) is 32.6 Å². The van der Waals surface area contributed by atoms with Crippen molar-refractivity contribution in [3.63, 3.8) is 0 Å². The molecule has 1 atom stereocenters. The van der Waals surface area contributed by atoms with Crippen molar-refractivity contribution in [1.29, 1.82) is 0 Å². The quantitative estimate of drug-likeness (QED) is 0.492. The fourth-order valence-electron chi connectivity index (χ4n) is 1.81. The van der Waals surface area contributed by atoms with Crippen molar-refractivity contribution in [3.05, 3.63) is 0 Å². The van der Waals surface area contributed by atoms with E-state index in [-0.39, 0.29) is 18.4 Å². The molecule has 2 amide bonds. The lowest BCUT2D eigenvalue weighted by atomic mass is 10.0. The van der Waals surface area contributed by atoms with E-state index in [0.717, 1.165) is 0 Å². The Morgan fingerprint density at radius 2 is 1.67 bits per heavy atom. The summed E-state index contributed by atoms with van der Waals surface area (Å²) in [5.41, 5.74) is 0. The number of alkyl halides is 3. The first-order chi connectivity index (χ1) is 11.3. The summed E-state index contributed by atoms with van der Waals surface area (Å²) in [4.78, 5) is 22.4. The van der Waals surface area contributed by atoms with Crippen LogP contribution >= 0.6 is 0 Å². The van der Waals surface area contributed by atoms with E-state index in [9.17, 15) is 22.8 Å². The molecule has 1 unspecified atom stereocenters. The van der Waals surface area contributed by atoms with Gasteiger partial charge in [0.25, 0.3) is 0 Å². The Morgan fingerprint density at radius 1 is 1.00 bits per heavy atom.